The third-order valence-electron chi connectivity index (χ3n) is 4.15. The quantitative estimate of drug-likeness (QED) is 0.219. The van der Waals surface area contributed by atoms with Gasteiger partial charge in [0.25, 0.3) is 0 Å². The van der Waals surface area contributed by atoms with Gasteiger partial charge in [0.2, 0.25) is 5.91 Å². The maximum atomic E-state index is 11.3. The molecule has 0 spiro atoms. The van der Waals surface area contributed by atoms with Gasteiger partial charge in [0, 0.05) is 36.5 Å². The molecule has 0 aliphatic carbocycles. The molecule has 0 fully saturated rings. The largest absolute Gasteiger partial charge is 0.370 e. The van der Waals surface area contributed by atoms with Crippen LogP contribution in [0.1, 0.15) is 31.0 Å². The van der Waals surface area contributed by atoms with E-state index in [1.807, 2.05) is 37.4 Å². The van der Waals surface area contributed by atoms with Crippen LogP contribution in [0.25, 0.3) is 0 Å². The molecule has 5 N–H and O–H groups in total. The lowest BCUT2D eigenvalue weighted by molar-refractivity contribution is -0.121. The number of nitrogens with zero attached hydrogens (tertiary/aromatic N) is 3. The Labute approximate surface area is 175 Å². The minimum Gasteiger partial charge on any atom is -0.370 e. The predicted octanol–water partition coefficient (Wildman–Crippen LogP) is 2.25. The first-order chi connectivity index (χ1) is 12.6. The lowest BCUT2D eigenvalue weighted by atomic mass is 9.94. The zero-order chi connectivity index (χ0) is 18.4. The lowest BCUT2D eigenvalue weighted by Gasteiger charge is -2.19. The smallest absolute Gasteiger partial charge is 0.240 e. The van der Waals surface area contributed by atoms with Gasteiger partial charge in [-0.1, -0.05) is 19.1 Å². The van der Waals surface area contributed by atoms with Crippen molar-refractivity contribution in [2.45, 2.75) is 26.2 Å². The third-order valence-corrected chi connectivity index (χ3v) is 4.15. The first-order valence-corrected chi connectivity index (χ1v) is 8.63. The number of H-pyrrole nitrogens is 1. The van der Waals surface area contributed by atoms with Crippen molar-refractivity contribution >= 4 is 47.2 Å². The predicted molar refractivity (Wildman–Crippen MR) is 117 cm³/mol. The van der Waals surface area contributed by atoms with Crippen LogP contribution < -0.4 is 16.5 Å². The van der Waals surface area contributed by atoms with Gasteiger partial charge in [-0.25, -0.2) is 10.4 Å². The first kappa shape index (κ1) is 20.9. The van der Waals surface area contributed by atoms with E-state index in [1.54, 1.807) is 6.33 Å². The van der Waals surface area contributed by atoms with E-state index in [2.05, 4.69) is 30.8 Å². The Morgan fingerprint density at radius 1 is 1.37 bits per heavy atom. The molecule has 8 nitrogen and oxygen atoms in total. The van der Waals surface area contributed by atoms with Crippen LogP contribution in [-0.2, 0) is 11.2 Å². The molecule has 1 aromatic carbocycles. The summed E-state index contributed by atoms with van der Waals surface area (Å²) < 4.78 is 0. The van der Waals surface area contributed by atoms with Crippen molar-refractivity contribution in [3.05, 3.63) is 48.0 Å². The minimum absolute atomic E-state index is 0. The number of carbonyl (C=O) groups excluding carboxylic acids is 1. The topological polar surface area (TPSA) is 121 Å². The van der Waals surface area contributed by atoms with Crippen LogP contribution in [0.3, 0.4) is 0 Å². The maximum Gasteiger partial charge on any atom is 0.240 e. The number of hydrogen-bond acceptors (Lipinski definition) is 4. The van der Waals surface area contributed by atoms with E-state index in [0.717, 1.165) is 35.5 Å². The SMILES string of the molecule is CC1CC(=O)NN=C1c1ccc(NC(N)=NCCCc2cnc[nH]2)cc1.I. The Bertz CT molecular complexity index is 800. The van der Waals surface area contributed by atoms with Gasteiger partial charge in [-0.05, 0) is 30.5 Å². The summed E-state index contributed by atoms with van der Waals surface area (Å²) in [5, 5.41) is 7.25. The molecule has 3 rings (SSSR count). The van der Waals surface area contributed by atoms with Gasteiger partial charge in [-0.3, -0.25) is 9.79 Å². The summed E-state index contributed by atoms with van der Waals surface area (Å²) in [6.45, 7) is 2.64. The van der Waals surface area contributed by atoms with Gasteiger partial charge in [-0.15, -0.1) is 24.0 Å². The third kappa shape index (κ3) is 6.05. The second-order valence-corrected chi connectivity index (χ2v) is 6.29. The highest BCUT2D eigenvalue weighted by molar-refractivity contribution is 14.0. The maximum absolute atomic E-state index is 11.3. The number of carbonyl (C=O) groups is 1. The second kappa shape index (κ2) is 10.0. The van der Waals surface area contributed by atoms with E-state index < -0.39 is 0 Å². The van der Waals surface area contributed by atoms with Crippen LogP contribution in [0, 0.1) is 5.92 Å². The highest BCUT2D eigenvalue weighted by atomic mass is 127. The van der Waals surface area contributed by atoms with Crippen LogP contribution in [-0.4, -0.2) is 34.1 Å². The van der Waals surface area contributed by atoms with Gasteiger partial charge in [-0.2, -0.15) is 5.10 Å². The van der Waals surface area contributed by atoms with Crippen molar-refractivity contribution in [3.8, 4) is 0 Å². The van der Waals surface area contributed by atoms with E-state index >= 15 is 0 Å². The van der Waals surface area contributed by atoms with Crippen LogP contribution >= 0.6 is 24.0 Å². The number of hydrogen-bond donors (Lipinski definition) is 4. The van der Waals surface area contributed by atoms with Gasteiger partial charge < -0.3 is 16.0 Å². The Kier molecular flexibility index (Phi) is 7.77. The Morgan fingerprint density at radius 2 is 2.15 bits per heavy atom. The van der Waals surface area contributed by atoms with E-state index in [0.29, 0.717) is 18.9 Å². The Morgan fingerprint density at radius 3 is 2.81 bits per heavy atom. The number of imidazole rings is 1. The van der Waals surface area contributed by atoms with Crippen LogP contribution in [0.15, 0.2) is 46.9 Å². The molecule has 2 heterocycles. The van der Waals surface area contributed by atoms with E-state index in [-0.39, 0.29) is 35.8 Å². The summed E-state index contributed by atoms with van der Waals surface area (Å²) >= 11 is 0. The molecule has 0 radical (unpaired) electrons. The Hall–Kier alpha value is -2.43. The van der Waals surface area contributed by atoms with Gasteiger partial charge in [0.1, 0.15) is 0 Å². The normalized spacial score (nSPS) is 16.9. The number of hydrazone groups is 1. The highest BCUT2D eigenvalue weighted by Gasteiger charge is 2.21. The molecule has 2 aromatic rings. The fraction of sp³-hybridized carbons (Fsp3) is 0.333. The zero-order valence-corrected chi connectivity index (χ0v) is 17.4. The van der Waals surface area contributed by atoms with Crippen molar-refractivity contribution in [1.82, 2.24) is 15.4 Å². The van der Waals surface area contributed by atoms with E-state index in [9.17, 15) is 4.79 Å². The number of rotatable bonds is 6. The number of amides is 1. The minimum atomic E-state index is -0.0453. The van der Waals surface area contributed by atoms with Crippen LogP contribution in [0.5, 0.6) is 0 Å². The number of benzene rings is 1. The van der Waals surface area contributed by atoms with Crippen LogP contribution in [0.4, 0.5) is 5.69 Å². The molecule has 1 aromatic heterocycles. The number of aryl methyl sites for hydroxylation is 1. The molecule has 1 atom stereocenters. The number of aromatic amines is 1. The molecule has 0 saturated heterocycles. The molecule has 27 heavy (non-hydrogen) atoms. The summed E-state index contributed by atoms with van der Waals surface area (Å²) in [4.78, 5) is 22.7. The molecular weight excluding hydrogens is 457 g/mol. The van der Waals surface area contributed by atoms with Gasteiger partial charge >= 0.3 is 0 Å². The molecule has 1 unspecified atom stereocenters. The fourth-order valence-electron chi connectivity index (χ4n) is 2.80. The van der Waals surface area contributed by atoms with Crippen molar-refractivity contribution in [2.24, 2.45) is 21.7 Å². The molecule has 1 aliphatic rings. The number of nitrogens with one attached hydrogen (secondary N) is 3. The monoisotopic (exact) mass is 481 g/mol. The van der Waals surface area contributed by atoms with Crippen molar-refractivity contribution in [2.75, 3.05) is 11.9 Å². The van der Waals surface area contributed by atoms with Crippen molar-refractivity contribution < 1.29 is 4.79 Å². The highest BCUT2D eigenvalue weighted by Crippen LogP contribution is 2.18. The average molecular weight is 481 g/mol. The molecular formula is C18H24IN7O. The number of aliphatic imine (C=N–C) groups is 1. The summed E-state index contributed by atoms with van der Waals surface area (Å²) in [5.41, 5.74) is 12.3. The van der Waals surface area contributed by atoms with Crippen LogP contribution in [0.2, 0.25) is 0 Å². The zero-order valence-electron chi connectivity index (χ0n) is 15.1. The average Bonchev–Trinajstić information content (AvgIpc) is 3.13. The number of aromatic nitrogens is 2. The van der Waals surface area contributed by atoms with Gasteiger partial charge in [0.05, 0.1) is 12.0 Å². The summed E-state index contributed by atoms with van der Waals surface area (Å²) in [5.74, 6) is 0.443. The van der Waals surface area contributed by atoms with Crippen molar-refractivity contribution in [3.63, 3.8) is 0 Å². The molecule has 0 bridgehead atoms. The summed E-state index contributed by atoms with van der Waals surface area (Å²) in [7, 11) is 0. The molecule has 144 valence electrons. The number of guanidine groups is 1. The molecule has 1 aliphatic heterocycles. The standard InChI is InChI=1S/C18H23N7O.HI/c1-12-9-16(26)24-25-17(12)13-4-6-14(7-5-13)23-18(19)21-8-2-3-15-10-20-11-22-15;/h4-7,10-12H,2-3,8-9H2,1H3,(H,20,22)(H,24,26)(H3,19,21,23);1H. The molecule has 0 saturated carbocycles. The summed E-state index contributed by atoms with van der Waals surface area (Å²) in [6, 6.07) is 7.77. The first-order valence-electron chi connectivity index (χ1n) is 8.63. The number of nitrogens with two attached hydrogens (primary N) is 1. The molecule has 1 amide bonds. The van der Waals surface area contributed by atoms with Crippen molar-refractivity contribution in [1.29, 1.82) is 0 Å². The lowest BCUT2D eigenvalue weighted by Crippen LogP contribution is -2.31. The number of anilines is 1. The second-order valence-electron chi connectivity index (χ2n) is 6.29. The number of halogens is 1. The Balaban J connectivity index is 0.00000261. The van der Waals surface area contributed by atoms with E-state index in [1.165, 1.54) is 0 Å². The van der Waals surface area contributed by atoms with E-state index in [4.69, 9.17) is 5.73 Å². The summed E-state index contributed by atoms with van der Waals surface area (Å²) in [6.07, 6.45) is 5.73. The molecule has 9 heteroatoms. The fourth-order valence-corrected chi connectivity index (χ4v) is 2.80. The van der Waals surface area contributed by atoms with Gasteiger partial charge in [0.15, 0.2) is 5.96 Å².